The molecule has 0 spiro atoms. The molecule has 3 rings (SSSR count). The fourth-order valence-electron chi connectivity index (χ4n) is 2.40. The van der Waals surface area contributed by atoms with Crippen molar-refractivity contribution in [2.75, 3.05) is 0 Å². The Hall–Kier alpha value is -2.83. The molecule has 0 saturated carbocycles. The molecule has 24 heavy (non-hydrogen) atoms. The van der Waals surface area contributed by atoms with Gasteiger partial charge in [0.2, 0.25) is 0 Å². The second-order valence-electron chi connectivity index (χ2n) is 5.42. The van der Waals surface area contributed by atoms with Gasteiger partial charge in [0.05, 0.1) is 17.8 Å². The number of aromatic nitrogens is 2. The summed E-state index contributed by atoms with van der Waals surface area (Å²) in [7, 11) is 0. The number of benzene rings is 1. The van der Waals surface area contributed by atoms with Gasteiger partial charge in [0.15, 0.2) is 0 Å². The number of nitrogens with one attached hydrogen (secondary N) is 1. The largest absolute Gasteiger partial charge is 0.416 e. The Labute approximate surface area is 135 Å². The van der Waals surface area contributed by atoms with Gasteiger partial charge in [-0.05, 0) is 36.8 Å². The van der Waals surface area contributed by atoms with Crippen LogP contribution in [0.2, 0.25) is 0 Å². The lowest BCUT2D eigenvalue weighted by atomic mass is 10.1. The predicted octanol–water partition coefficient (Wildman–Crippen LogP) is 3.59. The first-order valence-electron chi connectivity index (χ1n) is 7.23. The Morgan fingerprint density at radius 2 is 2.04 bits per heavy atom. The second kappa shape index (κ2) is 5.99. The number of amides is 1. The third kappa shape index (κ3) is 3.24. The van der Waals surface area contributed by atoms with E-state index < -0.39 is 17.6 Å². The van der Waals surface area contributed by atoms with Crippen molar-refractivity contribution in [3.05, 3.63) is 71.2 Å². The van der Waals surface area contributed by atoms with E-state index in [4.69, 9.17) is 0 Å². The van der Waals surface area contributed by atoms with Crippen molar-refractivity contribution in [3.8, 4) is 0 Å². The van der Waals surface area contributed by atoms with Crippen LogP contribution in [0.1, 0.15) is 27.2 Å². The molecule has 0 radical (unpaired) electrons. The summed E-state index contributed by atoms with van der Waals surface area (Å²) in [5.74, 6) is -0.574. The van der Waals surface area contributed by atoms with Crippen LogP contribution >= 0.6 is 0 Å². The lowest BCUT2D eigenvalue weighted by Gasteiger charge is -2.08. The van der Waals surface area contributed by atoms with Gasteiger partial charge in [0.1, 0.15) is 5.65 Å². The number of aryl methyl sites for hydroxylation is 1. The van der Waals surface area contributed by atoms with Gasteiger partial charge in [-0.25, -0.2) is 4.98 Å². The molecule has 1 amide bonds. The topological polar surface area (TPSA) is 46.4 Å². The van der Waals surface area contributed by atoms with Crippen LogP contribution in [0.4, 0.5) is 13.2 Å². The average molecular weight is 333 g/mol. The maximum Gasteiger partial charge on any atom is 0.416 e. The van der Waals surface area contributed by atoms with Crippen molar-refractivity contribution >= 4 is 11.6 Å². The van der Waals surface area contributed by atoms with Gasteiger partial charge in [0, 0.05) is 18.0 Å². The maximum absolute atomic E-state index is 12.7. The summed E-state index contributed by atoms with van der Waals surface area (Å²) in [4.78, 5) is 16.5. The smallest absolute Gasteiger partial charge is 0.346 e. The first-order valence-corrected chi connectivity index (χ1v) is 7.23. The minimum Gasteiger partial charge on any atom is -0.346 e. The first-order chi connectivity index (χ1) is 11.3. The van der Waals surface area contributed by atoms with Crippen molar-refractivity contribution in [1.29, 1.82) is 0 Å². The number of nitrogens with zero attached hydrogens (tertiary/aromatic N) is 2. The summed E-state index contributed by atoms with van der Waals surface area (Å²) < 4.78 is 39.9. The second-order valence-corrected chi connectivity index (χ2v) is 5.42. The first kappa shape index (κ1) is 16.0. The highest BCUT2D eigenvalue weighted by molar-refractivity contribution is 5.94. The molecule has 1 aromatic carbocycles. The van der Waals surface area contributed by atoms with Crippen molar-refractivity contribution in [2.24, 2.45) is 0 Å². The zero-order chi connectivity index (χ0) is 17.3. The molecule has 0 saturated heterocycles. The third-order valence-electron chi connectivity index (χ3n) is 3.61. The van der Waals surface area contributed by atoms with Gasteiger partial charge in [-0.1, -0.05) is 12.1 Å². The van der Waals surface area contributed by atoms with E-state index in [0.717, 1.165) is 23.3 Å². The number of halogens is 3. The summed E-state index contributed by atoms with van der Waals surface area (Å²) >= 11 is 0. The summed E-state index contributed by atoms with van der Waals surface area (Å²) in [6.07, 6.45) is -0.863. The van der Waals surface area contributed by atoms with Crippen LogP contribution in [0.5, 0.6) is 0 Å². The van der Waals surface area contributed by atoms with Crippen LogP contribution in [0, 0.1) is 6.92 Å². The molecule has 0 aliphatic heterocycles. The Morgan fingerprint density at radius 1 is 1.25 bits per heavy atom. The van der Waals surface area contributed by atoms with E-state index in [2.05, 4.69) is 10.3 Å². The minimum absolute atomic E-state index is 0.0373. The molecule has 3 aromatic rings. The average Bonchev–Trinajstić information content (AvgIpc) is 2.96. The van der Waals surface area contributed by atoms with Gasteiger partial charge in [0.25, 0.3) is 5.91 Å². The van der Waals surface area contributed by atoms with Crippen molar-refractivity contribution < 1.29 is 18.0 Å². The van der Waals surface area contributed by atoms with Crippen molar-refractivity contribution in [2.45, 2.75) is 19.6 Å². The maximum atomic E-state index is 12.7. The molecular formula is C17H14F3N3O. The van der Waals surface area contributed by atoms with Gasteiger partial charge in [-0.15, -0.1) is 0 Å². The Balaban J connectivity index is 1.74. The van der Waals surface area contributed by atoms with Crippen LogP contribution in [0.3, 0.4) is 0 Å². The van der Waals surface area contributed by atoms with Crippen LogP contribution in [0.25, 0.3) is 5.65 Å². The Morgan fingerprint density at radius 3 is 2.75 bits per heavy atom. The molecule has 124 valence electrons. The standard InChI is InChI=1S/C17H14F3N3O/c1-11-4-3-7-23-10-14(22-15(11)23)9-21-16(24)12-5-2-6-13(8-12)17(18,19)20/h2-8,10H,9H2,1H3,(H,21,24). The molecule has 0 unspecified atom stereocenters. The van der Waals surface area contributed by atoms with Crippen molar-refractivity contribution in [3.63, 3.8) is 0 Å². The number of imidazole rings is 1. The minimum atomic E-state index is -4.48. The monoisotopic (exact) mass is 333 g/mol. The van der Waals surface area contributed by atoms with Crippen LogP contribution in [0.15, 0.2) is 48.8 Å². The van der Waals surface area contributed by atoms with Gasteiger partial charge in [-0.2, -0.15) is 13.2 Å². The molecule has 4 nitrogen and oxygen atoms in total. The van der Waals surface area contributed by atoms with E-state index in [0.29, 0.717) is 5.69 Å². The van der Waals surface area contributed by atoms with Gasteiger partial charge >= 0.3 is 6.18 Å². The van der Waals surface area contributed by atoms with Crippen molar-refractivity contribution in [1.82, 2.24) is 14.7 Å². The molecule has 7 heteroatoms. The van der Waals surface area contributed by atoms with E-state index in [1.165, 1.54) is 12.1 Å². The summed E-state index contributed by atoms with van der Waals surface area (Å²) in [6.45, 7) is 2.06. The van der Waals surface area contributed by atoms with E-state index in [1.54, 1.807) is 6.20 Å². The fourth-order valence-corrected chi connectivity index (χ4v) is 2.40. The molecule has 2 heterocycles. The molecule has 2 aromatic heterocycles. The SMILES string of the molecule is Cc1cccn2cc(CNC(=O)c3cccc(C(F)(F)F)c3)nc12. The number of alkyl halides is 3. The molecule has 0 aliphatic rings. The molecule has 0 aliphatic carbocycles. The van der Waals surface area contributed by atoms with Gasteiger partial charge in [-0.3, -0.25) is 4.79 Å². The lowest BCUT2D eigenvalue weighted by Crippen LogP contribution is -2.23. The normalized spacial score (nSPS) is 11.7. The summed E-state index contributed by atoms with van der Waals surface area (Å²) in [5.41, 5.74) is 1.52. The molecule has 1 N–H and O–H groups in total. The van der Waals surface area contributed by atoms with E-state index in [-0.39, 0.29) is 12.1 Å². The molecular weight excluding hydrogens is 319 g/mol. The number of fused-ring (bicyclic) bond motifs is 1. The molecule has 0 atom stereocenters. The summed E-state index contributed by atoms with van der Waals surface area (Å²) in [6, 6.07) is 8.14. The number of carbonyl (C=O) groups is 1. The number of carbonyl (C=O) groups excluding carboxylic acids is 1. The number of hydrogen-bond acceptors (Lipinski definition) is 2. The van der Waals surface area contributed by atoms with E-state index >= 15 is 0 Å². The highest BCUT2D eigenvalue weighted by atomic mass is 19.4. The van der Waals surface area contributed by atoms with Crippen LogP contribution in [-0.4, -0.2) is 15.3 Å². The van der Waals surface area contributed by atoms with Gasteiger partial charge < -0.3 is 9.72 Å². The number of pyridine rings is 1. The predicted molar refractivity (Wildman–Crippen MR) is 82.5 cm³/mol. The zero-order valence-corrected chi connectivity index (χ0v) is 12.8. The fraction of sp³-hybridized carbons (Fsp3) is 0.176. The van der Waals surface area contributed by atoms with Crippen LogP contribution < -0.4 is 5.32 Å². The zero-order valence-electron chi connectivity index (χ0n) is 12.8. The van der Waals surface area contributed by atoms with E-state index in [1.807, 2.05) is 29.7 Å². The molecule has 0 bridgehead atoms. The summed E-state index contributed by atoms with van der Waals surface area (Å²) in [5, 5.41) is 2.59. The quantitative estimate of drug-likeness (QED) is 0.796. The lowest BCUT2D eigenvalue weighted by molar-refractivity contribution is -0.137. The highest BCUT2D eigenvalue weighted by Crippen LogP contribution is 2.29. The van der Waals surface area contributed by atoms with E-state index in [9.17, 15) is 18.0 Å². The molecule has 0 fully saturated rings. The Bertz CT molecular complexity index is 899. The number of rotatable bonds is 3. The highest BCUT2D eigenvalue weighted by Gasteiger charge is 2.30. The number of hydrogen-bond donors (Lipinski definition) is 1. The third-order valence-corrected chi connectivity index (χ3v) is 3.61. The Kier molecular flexibility index (Phi) is 4.01. The van der Waals surface area contributed by atoms with Crippen LogP contribution in [-0.2, 0) is 12.7 Å².